The summed E-state index contributed by atoms with van der Waals surface area (Å²) in [5.74, 6) is 0.236. The van der Waals surface area contributed by atoms with Gasteiger partial charge in [-0.05, 0) is 51.7 Å². The molecule has 0 bridgehead atoms. The number of nitrogens with one attached hydrogen (secondary N) is 1. The Bertz CT molecular complexity index is 337. The average molecular weight is 280 g/mol. The van der Waals surface area contributed by atoms with Crippen molar-refractivity contribution in [2.45, 2.75) is 56.7 Å². The van der Waals surface area contributed by atoms with Crippen molar-refractivity contribution in [3.05, 3.63) is 0 Å². The largest absolute Gasteiger partial charge is 0.353 e. The van der Waals surface area contributed by atoms with Crippen LogP contribution in [0, 0.1) is 0 Å². The maximum absolute atomic E-state index is 11.7. The second kappa shape index (κ2) is 6.41. The quantitative estimate of drug-likeness (QED) is 0.753. The normalized spacial score (nSPS) is 29.8. The Labute approximate surface area is 121 Å². The van der Waals surface area contributed by atoms with Gasteiger partial charge in [0, 0.05) is 37.6 Å². The first-order valence-corrected chi connectivity index (χ1v) is 8.22. The third-order valence-corrected chi connectivity index (χ3v) is 4.94. The molecule has 3 aliphatic rings. The van der Waals surface area contributed by atoms with Crippen molar-refractivity contribution in [1.29, 1.82) is 0 Å². The van der Waals surface area contributed by atoms with Gasteiger partial charge in [-0.15, -0.1) is 0 Å². The van der Waals surface area contributed by atoms with Crippen molar-refractivity contribution in [3.63, 3.8) is 0 Å². The second-order valence-electron chi connectivity index (χ2n) is 6.71. The number of piperidine rings is 1. The van der Waals surface area contributed by atoms with Crippen molar-refractivity contribution >= 4 is 5.91 Å². The number of carbonyl (C=O) groups is 1. The van der Waals surface area contributed by atoms with E-state index in [1.165, 1.54) is 19.3 Å². The topological polar surface area (TPSA) is 61.6 Å². The second-order valence-corrected chi connectivity index (χ2v) is 6.71. The fourth-order valence-electron chi connectivity index (χ4n) is 3.39. The van der Waals surface area contributed by atoms with Gasteiger partial charge in [0.25, 0.3) is 0 Å². The molecule has 1 unspecified atom stereocenters. The summed E-state index contributed by atoms with van der Waals surface area (Å²) in [7, 11) is 0. The van der Waals surface area contributed by atoms with Gasteiger partial charge in [0.05, 0.1) is 0 Å². The molecule has 0 radical (unpaired) electrons. The van der Waals surface area contributed by atoms with Crippen molar-refractivity contribution in [1.82, 2.24) is 15.1 Å². The highest BCUT2D eigenvalue weighted by Gasteiger charge is 2.30. The molecular weight excluding hydrogens is 252 g/mol. The lowest BCUT2D eigenvalue weighted by atomic mass is 10.0. The lowest BCUT2D eigenvalue weighted by molar-refractivity contribution is -0.121. The number of nitrogens with zero attached hydrogens (tertiary/aromatic N) is 2. The molecule has 20 heavy (non-hydrogen) atoms. The monoisotopic (exact) mass is 280 g/mol. The Morgan fingerprint density at radius 1 is 1.10 bits per heavy atom. The first-order valence-electron chi connectivity index (χ1n) is 8.22. The molecule has 0 aromatic carbocycles. The molecule has 1 atom stereocenters. The molecule has 0 spiro atoms. The summed E-state index contributed by atoms with van der Waals surface area (Å²) in [6, 6.07) is 1.59. The van der Waals surface area contributed by atoms with E-state index in [-0.39, 0.29) is 5.91 Å². The Morgan fingerprint density at radius 2 is 1.85 bits per heavy atom. The van der Waals surface area contributed by atoms with E-state index >= 15 is 0 Å². The Kier molecular flexibility index (Phi) is 4.58. The van der Waals surface area contributed by atoms with Crippen LogP contribution < -0.4 is 11.1 Å². The predicted molar refractivity (Wildman–Crippen MR) is 79.4 cm³/mol. The molecule has 3 rings (SSSR count). The summed E-state index contributed by atoms with van der Waals surface area (Å²) in [6.07, 6.45) is 6.54. The number of nitrogens with two attached hydrogens (primary N) is 1. The molecular formula is C15H28N4O. The SMILES string of the molecule is NC1CCN(C2CCN(CCC(=O)NC3CC3)C2)CC1. The molecule has 0 aromatic rings. The van der Waals surface area contributed by atoms with Gasteiger partial charge in [0.2, 0.25) is 5.91 Å². The lowest BCUT2D eigenvalue weighted by Crippen LogP contribution is -2.46. The maximum atomic E-state index is 11.7. The van der Waals surface area contributed by atoms with Gasteiger partial charge in [-0.1, -0.05) is 0 Å². The van der Waals surface area contributed by atoms with E-state index in [2.05, 4.69) is 15.1 Å². The smallest absolute Gasteiger partial charge is 0.221 e. The van der Waals surface area contributed by atoms with E-state index < -0.39 is 0 Å². The molecule has 3 N–H and O–H groups in total. The van der Waals surface area contributed by atoms with E-state index in [0.717, 1.165) is 45.6 Å². The minimum absolute atomic E-state index is 0.236. The highest BCUT2D eigenvalue weighted by atomic mass is 16.1. The van der Waals surface area contributed by atoms with Crippen molar-refractivity contribution in [3.8, 4) is 0 Å². The number of rotatable bonds is 5. The van der Waals surface area contributed by atoms with Crippen LogP contribution in [0.4, 0.5) is 0 Å². The van der Waals surface area contributed by atoms with Crippen LogP contribution in [0.2, 0.25) is 0 Å². The zero-order valence-corrected chi connectivity index (χ0v) is 12.4. The van der Waals surface area contributed by atoms with Gasteiger partial charge in [-0.3, -0.25) is 9.69 Å². The van der Waals surface area contributed by atoms with Gasteiger partial charge in [0.15, 0.2) is 0 Å². The molecule has 5 heteroatoms. The number of likely N-dealkylation sites (tertiary alicyclic amines) is 2. The summed E-state index contributed by atoms with van der Waals surface area (Å²) < 4.78 is 0. The van der Waals surface area contributed by atoms with Crippen LogP contribution in [0.1, 0.15) is 38.5 Å². The highest BCUT2D eigenvalue weighted by Crippen LogP contribution is 2.21. The molecule has 1 amide bonds. The Hall–Kier alpha value is -0.650. The van der Waals surface area contributed by atoms with Crippen LogP contribution in [0.5, 0.6) is 0 Å². The van der Waals surface area contributed by atoms with Crippen LogP contribution in [-0.4, -0.2) is 66.6 Å². The van der Waals surface area contributed by atoms with E-state index in [1.807, 2.05) is 0 Å². The highest BCUT2D eigenvalue weighted by molar-refractivity contribution is 5.76. The maximum Gasteiger partial charge on any atom is 0.221 e. The van der Waals surface area contributed by atoms with Gasteiger partial charge >= 0.3 is 0 Å². The molecule has 0 aromatic heterocycles. The van der Waals surface area contributed by atoms with Gasteiger partial charge < -0.3 is 16.0 Å². The fourth-order valence-corrected chi connectivity index (χ4v) is 3.39. The zero-order valence-electron chi connectivity index (χ0n) is 12.4. The third-order valence-electron chi connectivity index (χ3n) is 4.94. The van der Waals surface area contributed by atoms with E-state index in [9.17, 15) is 4.79 Å². The van der Waals surface area contributed by atoms with Crippen molar-refractivity contribution in [2.75, 3.05) is 32.7 Å². The minimum atomic E-state index is 0.236. The van der Waals surface area contributed by atoms with E-state index in [0.29, 0.717) is 24.5 Å². The first kappa shape index (κ1) is 14.3. The molecule has 1 aliphatic carbocycles. The van der Waals surface area contributed by atoms with Crippen LogP contribution in [0.15, 0.2) is 0 Å². The first-order chi connectivity index (χ1) is 9.70. The lowest BCUT2D eigenvalue weighted by Gasteiger charge is -2.34. The summed E-state index contributed by atoms with van der Waals surface area (Å²) >= 11 is 0. The summed E-state index contributed by atoms with van der Waals surface area (Å²) in [5.41, 5.74) is 5.97. The molecule has 2 aliphatic heterocycles. The number of hydrogen-bond acceptors (Lipinski definition) is 4. The van der Waals surface area contributed by atoms with E-state index in [1.54, 1.807) is 0 Å². The standard InChI is InChI=1S/C15H28N4O/c16-12-3-9-19(10-4-12)14-5-7-18(11-14)8-6-15(20)17-13-1-2-13/h12-14H,1-11,16H2,(H,17,20). The molecule has 3 fully saturated rings. The number of hydrogen-bond donors (Lipinski definition) is 2. The van der Waals surface area contributed by atoms with Gasteiger partial charge in [0.1, 0.15) is 0 Å². The summed E-state index contributed by atoms with van der Waals surface area (Å²) in [6.45, 7) is 5.50. The Balaban J connectivity index is 1.35. The molecule has 5 nitrogen and oxygen atoms in total. The van der Waals surface area contributed by atoms with E-state index in [4.69, 9.17) is 5.73 Å². The molecule has 1 saturated carbocycles. The molecule has 2 saturated heterocycles. The average Bonchev–Trinajstić information content (AvgIpc) is 3.12. The minimum Gasteiger partial charge on any atom is -0.353 e. The predicted octanol–water partition coefficient (Wildman–Crippen LogP) is 0.153. The van der Waals surface area contributed by atoms with Crippen LogP contribution in [0.25, 0.3) is 0 Å². The van der Waals surface area contributed by atoms with Crippen LogP contribution in [0.3, 0.4) is 0 Å². The van der Waals surface area contributed by atoms with Crippen LogP contribution in [-0.2, 0) is 4.79 Å². The zero-order chi connectivity index (χ0) is 13.9. The fraction of sp³-hybridized carbons (Fsp3) is 0.933. The number of carbonyl (C=O) groups excluding carboxylic acids is 1. The van der Waals surface area contributed by atoms with Gasteiger partial charge in [-0.25, -0.2) is 0 Å². The molecule has 2 heterocycles. The van der Waals surface area contributed by atoms with Crippen LogP contribution >= 0.6 is 0 Å². The van der Waals surface area contributed by atoms with Crippen molar-refractivity contribution < 1.29 is 4.79 Å². The third kappa shape index (κ3) is 3.93. The number of amides is 1. The summed E-state index contributed by atoms with van der Waals surface area (Å²) in [5, 5.41) is 3.07. The van der Waals surface area contributed by atoms with Crippen molar-refractivity contribution in [2.24, 2.45) is 5.73 Å². The Morgan fingerprint density at radius 3 is 2.55 bits per heavy atom. The van der Waals surface area contributed by atoms with Gasteiger partial charge in [-0.2, -0.15) is 0 Å². The molecule has 114 valence electrons. The summed E-state index contributed by atoms with van der Waals surface area (Å²) in [4.78, 5) is 16.8.